The predicted molar refractivity (Wildman–Crippen MR) is 110 cm³/mol. The van der Waals surface area contributed by atoms with E-state index < -0.39 is 0 Å². The van der Waals surface area contributed by atoms with Crippen LogP contribution in [0, 0.1) is 0 Å². The predicted octanol–water partition coefficient (Wildman–Crippen LogP) is 5.69. The maximum Gasteiger partial charge on any atom is 0.258 e. The van der Waals surface area contributed by atoms with Gasteiger partial charge in [-0.2, -0.15) is 0 Å². The van der Waals surface area contributed by atoms with Crippen LogP contribution in [0.2, 0.25) is 0 Å². The molecule has 1 heterocycles. The molecule has 0 unspecified atom stereocenters. The van der Waals surface area contributed by atoms with Gasteiger partial charge in [0.25, 0.3) is 5.91 Å². The number of rotatable bonds is 1. The van der Waals surface area contributed by atoms with Crippen molar-refractivity contribution in [1.82, 2.24) is 0 Å². The zero-order chi connectivity index (χ0) is 18.0. The first-order valence-electron chi connectivity index (χ1n) is 9.38. The highest BCUT2D eigenvalue weighted by atomic mass is 16.2. The number of carbonyl (C=O) groups is 1. The maximum absolute atomic E-state index is 13.6. The average molecular weight is 347 g/mol. The zero-order valence-corrected chi connectivity index (χ0v) is 14.8. The summed E-state index contributed by atoms with van der Waals surface area (Å²) in [6.07, 6.45) is 0.923. The van der Waals surface area contributed by atoms with Gasteiger partial charge in [-0.15, -0.1) is 0 Å². The summed E-state index contributed by atoms with van der Waals surface area (Å²) in [5, 5.41) is 2.40. The standard InChI is InChI=1S/C25H17NO/c27-25(26-15-14-16-6-1-4-11-22(16)26)21-13-12-17-7-5-10-19-18-8-2-3-9-20(18)24(21)23(17)19/h1-13H,14-15H2. The van der Waals surface area contributed by atoms with Gasteiger partial charge in [-0.3, -0.25) is 4.79 Å². The Morgan fingerprint density at radius 3 is 2.44 bits per heavy atom. The minimum atomic E-state index is 0.100. The van der Waals surface area contributed by atoms with Crippen LogP contribution in [0.25, 0.3) is 33.0 Å². The van der Waals surface area contributed by atoms with E-state index in [1.54, 1.807) is 0 Å². The van der Waals surface area contributed by atoms with Gasteiger partial charge in [0.05, 0.1) is 0 Å². The smallest absolute Gasteiger partial charge is 0.258 e. The van der Waals surface area contributed by atoms with Crippen molar-refractivity contribution < 1.29 is 4.79 Å². The number of carbonyl (C=O) groups excluding carboxylic acids is 1. The van der Waals surface area contributed by atoms with Gasteiger partial charge in [-0.25, -0.2) is 0 Å². The van der Waals surface area contributed by atoms with Gasteiger partial charge in [0.15, 0.2) is 0 Å². The molecule has 27 heavy (non-hydrogen) atoms. The molecular formula is C25H17NO. The zero-order valence-electron chi connectivity index (χ0n) is 14.8. The van der Waals surface area contributed by atoms with E-state index in [9.17, 15) is 4.79 Å². The summed E-state index contributed by atoms with van der Waals surface area (Å²) in [6.45, 7) is 0.749. The first-order chi connectivity index (χ1) is 13.3. The van der Waals surface area contributed by atoms with Crippen LogP contribution in [0.4, 0.5) is 5.69 Å². The van der Waals surface area contributed by atoms with E-state index in [-0.39, 0.29) is 5.91 Å². The second-order valence-corrected chi connectivity index (χ2v) is 7.27. The number of hydrogen-bond acceptors (Lipinski definition) is 1. The van der Waals surface area contributed by atoms with Crippen LogP contribution >= 0.6 is 0 Å². The Morgan fingerprint density at radius 1 is 0.741 bits per heavy atom. The van der Waals surface area contributed by atoms with Crippen molar-refractivity contribution >= 4 is 22.4 Å². The Balaban J connectivity index is 1.60. The van der Waals surface area contributed by atoms with Crippen molar-refractivity contribution in [3.05, 3.63) is 90.0 Å². The lowest BCUT2D eigenvalue weighted by molar-refractivity contribution is 0.0990. The molecule has 0 aromatic heterocycles. The van der Waals surface area contributed by atoms with Gasteiger partial charge in [0.1, 0.15) is 0 Å². The van der Waals surface area contributed by atoms with E-state index in [4.69, 9.17) is 0 Å². The molecule has 1 aliphatic heterocycles. The Labute approximate surface area is 157 Å². The molecule has 2 nitrogen and oxygen atoms in total. The highest BCUT2D eigenvalue weighted by Gasteiger charge is 2.30. The van der Waals surface area contributed by atoms with E-state index in [1.165, 1.54) is 33.0 Å². The molecular weight excluding hydrogens is 330 g/mol. The van der Waals surface area contributed by atoms with Gasteiger partial charge in [0.2, 0.25) is 0 Å². The van der Waals surface area contributed by atoms with Crippen LogP contribution in [0.5, 0.6) is 0 Å². The normalized spacial score (nSPS) is 13.7. The summed E-state index contributed by atoms with van der Waals surface area (Å²) >= 11 is 0. The molecule has 128 valence electrons. The van der Waals surface area contributed by atoms with Crippen molar-refractivity contribution in [3.8, 4) is 22.3 Å². The minimum absolute atomic E-state index is 0.100. The van der Waals surface area contributed by atoms with E-state index in [1.807, 2.05) is 23.1 Å². The lowest BCUT2D eigenvalue weighted by Gasteiger charge is -2.19. The molecule has 4 aromatic rings. The van der Waals surface area contributed by atoms with Gasteiger partial charge in [-0.1, -0.05) is 66.7 Å². The lowest BCUT2D eigenvalue weighted by atomic mass is 9.96. The van der Waals surface area contributed by atoms with Crippen LogP contribution in [-0.4, -0.2) is 12.5 Å². The van der Waals surface area contributed by atoms with Crippen LogP contribution in [0.15, 0.2) is 78.9 Å². The fourth-order valence-corrected chi connectivity index (χ4v) is 4.69. The van der Waals surface area contributed by atoms with Crippen LogP contribution < -0.4 is 4.90 Å². The summed E-state index contributed by atoms with van der Waals surface area (Å²) in [5.41, 5.74) is 7.82. The third-order valence-corrected chi connectivity index (χ3v) is 5.89. The van der Waals surface area contributed by atoms with Gasteiger partial charge >= 0.3 is 0 Å². The third kappa shape index (κ3) is 1.93. The molecule has 1 aliphatic carbocycles. The number of para-hydroxylation sites is 1. The molecule has 0 spiro atoms. The molecule has 0 atom stereocenters. The number of fused-ring (bicyclic) bond motifs is 4. The summed E-state index contributed by atoms with van der Waals surface area (Å²) in [7, 11) is 0. The molecule has 0 saturated heterocycles. The number of hydrogen-bond donors (Lipinski definition) is 0. The molecule has 0 bridgehead atoms. The van der Waals surface area contributed by atoms with E-state index in [0.29, 0.717) is 0 Å². The first-order valence-corrected chi connectivity index (χ1v) is 9.38. The Bertz CT molecular complexity index is 1250. The summed E-state index contributed by atoms with van der Waals surface area (Å²) in [6, 6.07) is 27.1. The molecule has 0 saturated carbocycles. The Kier molecular flexibility index (Phi) is 2.90. The van der Waals surface area contributed by atoms with Crippen molar-refractivity contribution in [2.24, 2.45) is 0 Å². The molecule has 2 heteroatoms. The number of anilines is 1. The summed E-state index contributed by atoms with van der Waals surface area (Å²) in [4.78, 5) is 15.5. The van der Waals surface area contributed by atoms with Crippen LogP contribution in [-0.2, 0) is 6.42 Å². The highest BCUT2D eigenvalue weighted by molar-refractivity contribution is 6.23. The van der Waals surface area contributed by atoms with Gasteiger partial charge in [0, 0.05) is 23.4 Å². The maximum atomic E-state index is 13.6. The largest absolute Gasteiger partial charge is 0.308 e. The van der Waals surface area contributed by atoms with E-state index in [0.717, 1.165) is 29.8 Å². The van der Waals surface area contributed by atoms with Crippen molar-refractivity contribution in [1.29, 1.82) is 0 Å². The van der Waals surface area contributed by atoms with Gasteiger partial charge in [-0.05, 0) is 51.6 Å². The minimum Gasteiger partial charge on any atom is -0.308 e. The topological polar surface area (TPSA) is 20.3 Å². The molecule has 6 rings (SSSR count). The van der Waals surface area contributed by atoms with E-state index in [2.05, 4.69) is 60.7 Å². The quantitative estimate of drug-likeness (QED) is 0.381. The monoisotopic (exact) mass is 347 g/mol. The second kappa shape index (κ2) is 5.31. The van der Waals surface area contributed by atoms with E-state index >= 15 is 0 Å². The van der Waals surface area contributed by atoms with Crippen molar-refractivity contribution in [3.63, 3.8) is 0 Å². The van der Waals surface area contributed by atoms with Gasteiger partial charge < -0.3 is 4.90 Å². The second-order valence-electron chi connectivity index (χ2n) is 7.27. The average Bonchev–Trinajstić information content (AvgIpc) is 3.30. The SMILES string of the molecule is O=C(c1ccc2cccc3c2c1-c1ccccc1-3)N1CCc2ccccc21. The molecule has 4 aromatic carbocycles. The molecule has 2 aliphatic rings. The fourth-order valence-electron chi connectivity index (χ4n) is 4.69. The number of amides is 1. The molecule has 0 fully saturated rings. The Morgan fingerprint density at radius 2 is 1.52 bits per heavy atom. The van der Waals surface area contributed by atoms with Crippen molar-refractivity contribution in [2.75, 3.05) is 11.4 Å². The first kappa shape index (κ1) is 14.7. The summed E-state index contributed by atoms with van der Waals surface area (Å²) in [5.74, 6) is 0.100. The highest BCUT2D eigenvalue weighted by Crippen LogP contribution is 2.49. The molecule has 0 radical (unpaired) electrons. The number of nitrogens with zero attached hydrogens (tertiary/aromatic N) is 1. The van der Waals surface area contributed by atoms with Crippen LogP contribution in [0.3, 0.4) is 0 Å². The summed E-state index contributed by atoms with van der Waals surface area (Å²) < 4.78 is 0. The fraction of sp³-hybridized carbons (Fsp3) is 0.0800. The third-order valence-electron chi connectivity index (χ3n) is 5.89. The Hall–Kier alpha value is -3.39. The molecule has 0 N–H and O–H groups in total. The number of benzene rings is 4. The lowest BCUT2D eigenvalue weighted by Crippen LogP contribution is -2.29. The van der Waals surface area contributed by atoms with Crippen molar-refractivity contribution in [2.45, 2.75) is 6.42 Å². The molecule has 1 amide bonds. The van der Waals surface area contributed by atoms with Crippen LogP contribution in [0.1, 0.15) is 15.9 Å².